The number of nitrogens with zero attached hydrogens (tertiary/aromatic N) is 4. The van der Waals surface area contributed by atoms with Crippen LogP contribution in [0, 0.1) is 11.7 Å². The minimum atomic E-state index is -0.556. The highest BCUT2D eigenvalue weighted by atomic mass is 35.5. The Morgan fingerprint density at radius 3 is 2.77 bits per heavy atom. The van der Waals surface area contributed by atoms with Crippen LogP contribution in [0.25, 0.3) is 16.6 Å². The van der Waals surface area contributed by atoms with Gasteiger partial charge in [-0.3, -0.25) is 9.36 Å². The molecule has 0 aliphatic carbocycles. The van der Waals surface area contributed by atoms with E-state index in [4.69, 9.17) is 16.1 Å². The Kier molecular flexibility index (Phi) is 5.87. The first-order valence-corrected chi connectivity index (χ1v) is 10.7. The first kappa shape index (κ1) is 20.6. The van der Waals surface area contributed by atoms with Crippen LogP contribution in [-0.4, -0.2) is 19.7 Å². The van der Waals surface area contributed by atoms with E-state index in [1.807, 2.05) is 6.07 Å². The summed E-state index contributed by atoms with van der Waals surface area (Å²) in [4.78, 5) is 22.2. The molecule has 6 nitrogen and oxygen atoms in total. The molecule has 0 saturated carbocycles. The molecule has 4 rings (SSSR count). The van der Waals surface area contributed by atoms with Crippen molar-refractivity contribution >= 4 is 34.3 Å². The fourth-order valence-electron chi connectivity index (χ4n) is 2.98. The molecule has 0 amide bonds. The summed E-state index contributed by atoms with van der Waals surface area (Å²) >= 11 is 7.24. The zero-order valence-electron chi connectivity index (χ0n) is 16.3. The monoisotopic (exact) mass is 444 g/mol. The molecular formula is C21H18ClFN4O2S. The van der Waals surface area contributed by atoms with Gasteiger partial charge in [-0.05, 0) is 36.2 Å². The van der Waals surface area contributed by atoms with Crippen molar-refractivity contribution in [2.75, 3.05) is 0 Å². The Morgan fingerprint density at radius 1 is 1.20 bits per heavy atom. The van der Waals surface area contributed by atoms with Crippen LogP contribution >= 0.6 is 23.4 Å². The van der Waals surface area contributed by atoms with Gasteiger partial charge in [-0.1, -0.05) is 54.5 Å². The van der Waals surface area contributed by atoms with Crippen LogP contribution in [0.15, 0.2) is 56.9 Å². The van der Waals surface area contributed by atoms with Crippen molar-refractivity contribution < 1.29 is 8.91 Å². The van der Waals surface area contributed by atoms with E-state index in [0.29, 0.717) is 45.1 Å². The Hall–Kier alpha value is -2.71. The summed E-state index contributed by atoms with van der Waals surface area (Å²) < 4.78 is 20.4. The Morgan fingerprint density at radius 2 is 2.00 bits per heavy atom. The summed E-state index contributed by atoms with van der Waals surface area (Å²) in [5.41, 5.74) is 0.732. The third-order valence-corrected chi connectivity index (χ3v) is 5.55. The molecule has 0 spiro atoms. The van der Waals surface area contributed by atoms with Crippen LogP contribution in [0.3, 0.4) is 0 Å². The lowest BCUT2D eigenvalue weighted by Crippen LogP contribution is -2.21. The van der Waals surface area contributed by atoms with E-state index in [1.165, 1.54) is 34.5 Å². The molecule has 2 aromatic carbocycles. The van der Waals surface area contributed by atoms with Gasteiger partial charge in [-0.15, -0.1) is 0 Å². The number of thioether (sulfide) groups is 1. The van der Waals surface area contributed by atoms with Crippen molar-refractivity contribution in [2.45, 2.75) is 31.2 Å². The van der Waals surface area contributed by atoms with E-state index < -0.39 is 5.82 Å². The van der Waals surface area contributed by atoms with Gasteiger partial charge in [0.05, 0.1) is 27.4 Å². The zero-order valence-corrected chi connectivity index (χ0v) is 17.9. The predicted octanol–water partition coefficient (Wildman–Crippen LogP) is 5.05. The predicted molar refractivity (Wildman–Crippen MR) is 115 cm³/mol. The Labute approximate surface area is 181 Å². The summed E-state index contributed by atoms with van der Waals surface area (Å²) in [5, 5.41) is 4.80. The van der Waals surface area contributed by atoms with Crippen LogP contribution in [0.5, 0.6) is 0 Å². The van der Waals surface area contributed by atoms with E-state index in [1.54, 1.807) is 18.2 Å². The van der Waals surface area contributed by atoms with Crippen LogP contribution < -0.4 is 5.56 Å². The third kappa shape index (κ3) is 4.24. The Balaban J connectivity index is 1.75. The van der Waals surface area contributed by atoms with Crippen molar-refractivity contribution in [1.82, 2.24) is 19.7 Å². The molecule has 0 atom stereocenters. The topological polar surface area (TPSA) is 73.8 Å². The van der Waals surface area contributed by atoms with E-state index in [2.05, 4.69) is 29.0 Å². The van der Waals surface area contributed by atoms with Crippen LogP contribution in [-0.2, 0) is 12.2 Å². The fraction of sp³-hybridized carbons (Fsp3) is 0.238. The van der Waals surface area contributed by atoms with Crippen molar-refractivity contribution in [3.05, 3.63) is 75.4 Å². The number of hydrogen-bond acceptors (Lipinski definition) is 6. The lowest BCUT2D eigenvalue weighted by molar-refractivity contribution is 0.382. The summed E-state index contributed by atoms with van der Waals surface area (Å²) in [5.74, 6) is 1.29. The highest BCUT2D eigenvalue weighted by molar-refractivity contribution is 7.98. The van der Waals surface area contributed by atoms with Crippen molar-refractivity contribution in [3.63, 3.8) is 0 Å². The molecule has 0 radical (unpaired) electrons. The molecule has 0 fully saturated rings. The smallest absolute Gasteiger partial charge is 0.266 e. The minimum absolute atomic E-state index is 0.0706. The van der Waals surface area contributed by atoms with E-state index in [0.717, 1.165) is 6.42 Å². The number of aromatic nitrogens is 4. The second-order valence-corrected chi connectivity index (χ2v) is 8.49. The average molecular weight is 445 g/mol. The molecule has 0 aliphatic heterocycles. The molecule has 0 aliphatic rings. The first-order valence-electron chi connectivity index (χ1n) is 9.34. The SMILES string of the molecule is CC(C)Cc1noc(CSc2nc3ccccc3c(=O)n2-c2ccc(F)c(Cl)c2)n1. The molecule has 9 heteroatoms. The number of benzene rings is 2. The van der Waals surface area contributed by atoms with Gasteiger partial charge in [0, 0.05) is 6.42 Å². The lowest BCUT2D eigenvalue weighted by atomic mass is 10.1. The molecule has 0 unspecified atom stereocenters. The summed E-state index contributed by atoms with van der Waals surface area (Å²) in [7, 11) is 0. The second-order valence-electron chi connectivity index (χ2n) is 7.14. The molecule has 154 valence electrons. The number of fused-ring (bicyclic) bond motifs is 1. The first-order chi connectivity index (χ1) is 14.4. The molecule has 2 aromatic heterocycles. The van der Waals surface area contributed by atoms with Crippen molar-refractivity contribution in [2.24, 2.45) is 5.92 Å². The molecule has 4 aromatic rings. The normalized spacial score (nSPS) is 11.5. The number of para-hydroxylation sites is 1. The van der Waals surface area contributed by atoms with Gasteiger partial charge in [-0.2, -0.15) is 4.98 Å². The van der Waals surface area contributed by atoms with Gasteiger partial charge in [0.2, 0.25) is 5.89 Å². The molecule has 0 N–H and O–H groups in total. The highest BCUT2D eigenvalue weighted by Gasteiger charge is 2.16. The minimum Gasteiger partial charge on any atom is -0.338 e. The second kappa shape index (κ2) is 8.57. The molecule has 2 heterocycles. The molecule has 0 saturated heterocycles. The fourth-order valence-corrected chi connectivity index (χ4v) is 4.01. The molecular weight excluding hydrogens is 427 g/mol. The lowest BCUT2D eigenvalue weighted by Gasteiger charge is -2.13. The van der Waals surface area contributed by atoms with E-state index in [9.17, 15) is 9.18 Å². The van der Waals surface area contributed by atoms with Crippen LogP contribution in [0.1, 0.15) is 25.6 Å². The maximum atomic E-state index is 13.7. The Bertz CT molecular complexity index is 1270. The van der Waals surface area contributed by atoms with Gasteiger partial charge in [0.1, 0.15) is 5.82 Å². The number of hydrogen-bond donors (Lipinski definition) is 0. The third-order valence-electron chi connectivity index (χ3n) is 4.33. The van der Waals surface area contributed by atoms with Crippen LogP contribution in [0.2, 0.25) is 5.02 Å². The number of rotatable bonds is 6. The maximum Gasteiger partial charge on any atom is 0.266 e. The van der Waals surface area contributed by atoms with Gasteiger partial charge in [0.25, 0.3) is 5.56 Å². The van der Waals surface area contributed by atoms with Crippen LogP contribution in [0.4, 0.5) is 4.39 Å². The van der Waals surface area contributed by atoms with Gasteiger partial charge in [0.15, 0.2) is 11.0 Å². The summed E-state index contributed by atoms with van der Waals surface area (Å²) in [6, 6.07) is 11.2. The van der Waals surface area contributed by atoms with Gasteiger partial charge in [-0.25, -0.2) is 9.37 Å². The van der Waals surface area contributed by atoms with Gasteiger partial charge < -0.3 is 4.52 Å². The van der Waals surface area contributed by atoms with Crippen molar-refractivity contribution in [1.29, 1.82) is 0 Å². The average Bonchev–Trinajstić information content (AvgIpc) is 3.15. The largest absolute Gasteiger partial charge is 0.338 e. The molecule has 0 bridgehead atoms. The van der Waals surface area contributed by atoms with E-state index >= 15 is 0 Å². The summed E-state index contributed by atoms with van der Waals surface area (Å²) in [6.07, 6.45) is 0.723. The quantitative estimate of drug-likeness (QED) is 0.306. The highest BCUT2D eigenvalue weighted by Crippen LogP contribution is 2.26. The van der Waals surface area contributed by atoms with Crippen molar-refractivity contribution in [3.8, 4) is 5.69 Å². The maximum absolute atomic E-state index is 13.7. The van der Waals surface area contributed by atoms with Gasteiger partial charge >= 0.3 is 0 Å². The van der Waals surface area contributed by atoms with E-state index in [-0.39, 0.29) is 10.6 Å². The summed E-state index contributed by atoms with van der Waals surface area (Å²) in [6.45, 7) is 4.16. The number of halogens is 2. The standard InChI is InChI=1S/C21H18ClFN4O2S/c1-12(2)9-18-25-19(29-26-18)11-30-21-24-17-6-4-3-5-14(17)20(28)27(21)13-7-8-16(23)15(22)10-13/h3-8,10,12H,9,11H2,1-2H3. The zero-order chi connectivity index (χ0) is 21.3. The molecule has 30 heavy (non-hydrogen) atoms.